The number of benzene rings is 1. The van der Waals surface area contributed by atoms with E-state index in [0.717, 1.165) is 11.3 Å². The van der Waals surface area contributed by atoms with Gasteiger partial charge in [0.2, 0.25) is 0 Å². The van der Waals surface area contributed by atoms with E-state index in [0.29, 0.717) is 11.5 Å². The molecule has 0 aliphatic heterocycles. The van der Waals surface area contributed by atoms with Crippen LogP contribution in [0.4, 0.5) is 0 Å². The number of aromatic nitrogens is 2. The lowest BCUT2D eigenvalue weighted by Crippen LogP contribution is -2.12. The van der Waals surface area contributed by atoms with E-state index in [2.05, 4.69) is 4.98 Å². The number of hydrogen-bond donors (Lipinski definition) is 1. The SMILES string of the molecule is COc1ccc(C(N)c2cn(C)cn2)cc1OC. The number of aryl methyl sites for hydroxylation is 1. The molecule has 0 spiro atoms. The van der Waals surface area contributed by atoms with Crippen molar-refractivity contribution in [1.82, 2.24) is 9.55 Å². The Kier molecular flexibility index (Phi) is 3.53. The minimum Gasteiger partial charge on any atom is -0.493 e. The van der Waals surface area contributed by atoms with Crippen LogP contribution in [0.1, 0.15) is 17.3 Å². The monoisotopic (exact) mass is 247 g/mol. The zero-order chi connectivity index (χ0) is 13.1. The Morgan fingerprint density at radius 3 is 2.50 bits per heavy atom. The van der Waals surface area contributed by atoms with Crippen molar-refractivity contribution in [3.05, 3.63) is 42.0 Å². The molecule has 2 N–H and O–H groups in total. The molecule has 1 aromatic heterocycles. The lowest BCUT2D eigenvalue weighted by atomic mass is 10.0. The van der Waals surface area contributed by atoms with Gasteiger partial charge in [-0.15, -0.1) is 0 Å². The van der Waals surface area contributed by atoms with E-state index >= 15 is 0 Å². The fourth-order valence-electron chi connectivity index (χ4n) is 1.81. The standard InChI is InChI=1S/C13H17N3O2/c1-16-7-10(15-8-16)13(14)9-4-5-11(17-2)12(6-9)18-3/h4-8,13H,14H2,1-3H3. The van der Waals surface area contributed by atoms with Crippen LogP contribution in [0.3, 0.4) is 0 Å². The van der Waals surface area contributed by atoms with Gasteiger partial charge in [0.25, 0.3) is 0 Å². The third-order valence-corrected chi connectivity index (χ3v) is 2.81. The van der Waals surface area contributed by atoms with Crippen LogP contribution in [-0.4, -0.2) is 23.8 Å². The van der Waals surface area contributed by atoms with Gasteiger partial charge in [0.15, 0.2) is 11.5 Å². The molecule has 1 heterocycles. The van der Waals surface area contributed by atoms with Crippen molar-refractivity contribution in [2.75, 3.05) is 14.2 Å². The molecule has 0 saturated carbocycles. The highest BCUT2D eigenvalue weighted by Gasteiger charge is 2.14. The van der Waals surface area contributed by atoms with Crippen molar-refractivity contribution in [2.45, 2.75) is 6.04 Å². The summed E-state index contributed by atoms with van der Waals surface area (Å²) in [4.78, 5) is 4.26. The van der Waals surface area contributed by atoms with Gasteiger partial charge in [-0.05, 0) is 17.7 Å². The molecule has 0 radical (unpaired) electrons. The average molecular weight is 247 g/mol. The van der Waals surface area contributed by atoms with E-state index in [9.17, 15) is 0 Å². The van der Waals surface area contributed by atoms with Gasteiger partial charge in [0.1, 0.15) is 0 Å². The quantitative estimate of drug-likeness (QED) is 0.889. The zero-order valence-electron chi connectivity index (χ0n) is 10.8. The van der Waals surface area contributed by atoms with Crippen molar-refractivity contribution in [2.24, 2.45) is 12.8 Å². The second kappa shape index (κ2) is 5.10. The fraction of sp³-hybridized carbons (Fsp3) is 0.308. The molecule has 1 atom stereocenters. The Labute approximate surface area is 106 Å². The van der Waals surface area contributed by atoms with Crippen LogP contribution in [0.2, 0.25) is 0 Å². The van der Waals surface area contributed by atoms with E-state index in [-0.39, 0.29) is 6.04 Å². The van der Waals surface area contributed by atoms with Gasteiger partial charge in [-0.3, -0.25) is 0 Å². The molecule has 0 bridgehead atoms. The summed E-state index contributed by atoms with van der Waals surface area (Å²) in [6.45, 7) is 0. The highest BCUT2D eigenvalue weighted by Crippen LogP contribution is 2.30. The smallest absolute Gasteiger partial charge is 0.161 e. The predicted octanol–water partition coefficient (Wildman–Crippen LogP) is 1.49. The molecule has 5 heteroatoms. The van der Waals surface area contributed by atoms with Crippen molar-refractivity contribution in [3.8, 4) is 11.5 Å². The molecule has 0 aliphatic carbocycles. The summed E-state index contributed by atoms with van der Waals surface area (Å²) in [5, 5.41) is 0. The molecule has 96 valence electrons. The lowest BCUT2D eigenvalue weighted by Gasteiger charge is -2.13. The van der Waals surface area contributed by atoms with Crippen LogP contribution in [0.25, 0.3) is 0 Å². The molecule has 2 rings (SSSR count). The molecule has 0 aliphatic rings. The number of ether oxygens (including phenoxy) is 2. The largest absolute Gasteiger partial charge is 0.493 e. The zero-order valence-corrected chi connectivity index (χ0v) is 10.8. The number of hydrogen-bond acceptors (Lipinski definition) is 4. The number of nitrogens with two attached hydrogens (primary N) is 1. The van der Waals surface area contributed by atoms with Gasteiger partial charge in [-0.25, -0.2) is 4.98 Å². The van der Waals surface area contributed by atoms with Crippen LogP contribution in [0.5, 0.6) is 11.5 Å². The second-order valence-electron chi connectivity index (χ2n) is 4.06. The van der Waals surface area contributed by atoms with E-state index < -0.39 is 0 Å². The summed E-state index contributed by atoms with van der Waals surface area (Å²) in [5.41, 5.74) is 7.93. The number of rotatable bonds is 4. The molecule has 5 nitrogen and oxygen atoms in total. The summed E-state index contributed by atoms with van der Waals surface area (Å²) < 4.78 is 12.3. The summed E-state index contributed by atoms with van der Waals surface area (Å²) in [5.74, 6) is 1.36. The van der Waals surface area contributed by atoms with Crippen LogP contribution in [-0.2, 0) is 7.05 Å². The molecule has 0 saturated heterocycles. The van der Waals surface area contributed by atoms with Crippen LogP contribution in [0.15, 0.2) is 30.7 Å². The van der Waals surface area contributed by atoms with Crippen molar-refractivity contribution < 1.29 is 9.47 Å². The predicted molar refractivity (Wildman–Crippen MR) is 68.8 cm³/mol. The molecule has 0 amide bonds. The third kappa shape index (κ3) is 2.31. The van der Waals surface area contributed by atoms with E-state index in [1.165, 1.54) is 0 Å². The minimum absolute atomic E-state index is 0.272. The first-order chi connectivity index (χ1) is 8.65. The highest BCUT2D eigenvalue weighted by atomic mass is 16.5. The summed E-state index contributed by atoms with van der Waals surface area (Å²) in [6, 6.07) is 5.36. The van der Waals surface area contributed by atoms with Gasteiger partial charge in [0.05, 0.1) is 32.3 Å². The first-order valence-electron chi connectivity index (χ1n) is 5.61. The van der Waals surface area contributed by atoms with Gasteiger partial charge >= 0.3 is 0 Å². The van der Waals surface area contributed by atoms with Gasteiger partial charge < -0.3 is 19.8 Å². The normalized spacial score (nSPS) is 12.2. The Hall–Kier alpha value is -2.01. The average Bonchev–Trinajstić information content (AvgIpc) is 2.83. The summed E-state index contributed by atoms with van der Waals surface area (Å²) >= 11 is 0. The van der Waals surface area contributed by atoms with Gasteiger partial charge in [-0.1, -0.05) is 6.07 Å². The first kappa shape index (κ1) is 12.4. The topological polar surface area (TPSA) is 62.3 Å². The maximum atomic E-state index is 6.17. The molecule has 1 aromatic carbocycles. The second-order valence-corrected chi connectivity index (χ2v) is 4.06. The molecule has 0 fully saturated rings. The van der Waals surface area contributed by atoms with Crippen LogP contribution >= 0.6 is 0 Å². The number of methoxy groups -OCH3 is 2. The Morgan fingerprint density at radius 1 is 1.22 bits per heavy atom. The van der Waals surface area contributed by atoms with Crippen molar-refractivity contribution >= 4 is 0 Å². The van der Waals surface area contributed by atoms with Crippen molar-refractivity contribution in [1.29, 1.82) is 0 Å². The summed E-state index contributed by atoms with van der Waals surface area (Å²) in [7, 11) is 5.13. The van der Waals surface area contributed by atoms with Gasteiger partial charge in [-0.2, -0.15) is 0 Å². The highest BCUT2D eigenvalue weighted by molar-refractivity contribution is 5.45. The fourth-order valence-corrected chi connectivity index (χ4v) is 1.81. The van der Waals surface area contributed by atoms with Crippen LogP contribution in [0, 0.1) is 0 Å². The molecule has 18 heavy (non-hydrogen) atoms. The Balaban J connectivity index is 2.33. The Bertz CT molecular complexity index is 537. The number of nitrogens with zero attached hydrogens (tertiary/aromatic N) is 2. The molecular formula is C13H17N3O2. The van der Waals surface area contributed by atoms with E-state index in [4.69, 9.17) is 15.2 Å². The van der Waals surface area contributed by atoms with Gasteiger partial charge in [0, 0.05) is 13.2 Å². The maximum Gasteiger partial charge on any atom is 0.161 e. The van der Waals surface area contributed by atoms with E-state index in [1.54, 1.807) is 20.5 Å². The first-order valence-corrected chi connectivity index (χ1v) is 5.61. The summed E-state index contributed by atoms with van der Waals surface area (Å²) in [6.07, 6.45) is 3.64. The molecule has 1 unspecified atom stereocenters. The lowest BCUT2D eigenvalue weighted by molar-refractivity contribution is 0.354. The Morgan fingerprint density at radius 2 is 1.94 bits per heavy atom. The minimum atomic E-state index is -0.272. The molecular weight excluding hydrogens is 230 g/mol. The third-order valence-electron chi connectivity index (χ3n) is 2.81. The van der Waals surface area contributed by atoms with E-state index in [1.807, 2.05) is 36.0 Å². The van der Waals surface area contributed by atoms with Crippen LogP contribution < -0.4 is 15.2 Å². The van der Waals surface area contributed by atoms with Crippen molar-refractivity contribution in [3.63, 3.8) is 0 Å². The molecule has 2 aromatic rings. The number of imidazole rings is 1. The maximum absolute atomic E-state index is 6.17.